The third kappa shape index (κ3) is 5.95. The fraction of sp³-hybridized carbons (Fsp3) is 0.400. The molecule has 0 bridgehead atoms. The van der Waals surface area contributed by atoms with Gasteiger partial charge in [0, 0.05) is 30.3 Å². The quantitative estimate of drug-likeness (QED) is 0.722. The van der Waals surface area contributed by atoms with Crippen LogP contribution in [0.1, 0.15) is 31.9 Å². The van der Waals surface area contributed by atoms with E-state index in [1.807, 2.05) is 51.1 Å². The van der Waals surface area contributed by atoms with Crippen molar-refractivity contribution in [1.82, 2.24) is 10.0 Å². The van der Waals surface area contributed by atoms with Crippen molar-refractivity contribution in [3.05, 3.63) is 53.6 Å². The molecular weight excluding hydrogens is 364 g/mol. The first-order valence-corrected chi connectivity index (χ1v) is 10.2. The fourth-order valence-electron chi connectivity index (χ4n) is 2.70. The van der Waals surface area contributed by atoms with Gasteiger partial charge in [0.05, 0.1) is 19.1 Å². The molecule has 2 rings (SSSR count). The van der Waals surface area contributed by atoms with Crippen molar-refractivity contribution in [2.45, 2.75) is 44.3 Å². The van der Waals surface area contributed by atoms with Crippen LogP contribution in [0.3, 0.4) is 0 Å². The summed E-state index contributed by atoms with van der Waals surface area (Å²) in [4.78, 5) is 0.286. The van der Waals surface area contributed by atoms with Crippen LogP contribution in [0.25, 0.3) is 0 Å². The Morgan fingerprint density at radius 3 is 2.22 bits per heavy atom. The first kappa shape index (κ1) is 21.2. The van der Waals surface area contributed by atoms with Crippen molar-refractivity contribution in [2.24, 2.45) is 0 Å². The number of benzene rings is 2. The Morgan fingerprint density at radius 1 is 0.926 bits per heavy atom. The zero-order valence-electron chi connectivity index (χ0n) is 16.5. The topological polar surface area (TPSA) is 76.7 Å². The van der Waals surface area contributed by atoms with Crippen LogP contribution in [0, 0.1) is 0 Å². The molecule has 0 unspecified atom stereocenters. The van der Waals surface area contributed by atoms with Crippen LogP contribution in [0.15, 0.2) is 47.4 Å². The molecule has 7 heteroatoms. The highest BCUT2D eigenvalue weighted by atomic mass is 32.2. The monoisotopic (exact) mass is 392 g/mol. The lowest BCUT2D eigenvalue weighted by atomic mass is 10.1. The number of ether oxygens (including phenoxy) is 2. The number of methoxy groups -OCH3 is 2. The Kier molecular flexibility index (Phi) is 6.86. The molecule has 0 saturated heterocycles. The van der Waals surface area contributed by atoms with Gasteiger partial charge in [-0.25, -0.2) is 13.1 Å². The van der Waals surface area contributed by atoms with Crippen molar-refractivity contribution in [1.29, 1.82) is 0 Å². The van der Waals surface area contributed by atoms with Gasteiger partial charge in [-0.3, -0.25) is 0 Å². The lowest BCUT2D eigenvalue weighted by molar-refractivity contribution is 0.389. The second-order valence-corrected chi connectivity index (χ2v) is 8.90. The predicted molar refractivity (Wildman–Crippen MR) is 107 cm³/mol. The molecule has 148 valence electrons. The summed E-state index contributed by atoms with van der Waals surface area (Å²) in [5.74, 6) is 1.44. The highest BCUT2D eigenvalue weighted by Crippen LogP contribution is 2.24. The van der Waals surface area contributed by atoms with E-state index in [4.69, 9.17) is 9.47 Å². The predicted octanol–water partition coefficient (Wildman–Crippen LogP) is 3.07. The largest absolute Gasteiger partial charge is 0.497 e. The minimum Gasteiger partial charge on any atom is -0.497 e. The minimum atomic E-state index is -3.60. The fourth-order valence-corrected chi connectivity index (χ4v) is 4.36. The molecule has 0 amide bonds. The average molecular weight is 393 g/mol. The Bertz CT molecular complexity index is 874. The number of nitrogens with one attached hydrogen (secondary N) is 2. The molecule has 0 spiro atoms. The molecule has 2 aromatic carbocycles. The van der Waals surface area contributed by atoms with E-state index in [9.17, 15) is 8.42 Å². The first-order chi connectivity index (χ1) is 12.7. The van der Waals surface area contributed by atoms with Gasteiger partial charge in [-0.2, -0.15) is 0 Å². The van der Waals surface area contributed by atoms with Gasteiger partial charge >= 0.3 is 0 Å². The second-order valence-electron chi connectivity index (χ2n) is 7.24. The lowest BCUT2D eigenvalue weighted by Gasteiger charge is -2.21. The molecule has 0 aliphatic heterocycles. The average Bonchev–Trinajstić information content (AvgIpc) is 2.60. The molecule has 0 heterocycles. The molecule has 0 aliphatic carbocycles. The maximum atomic E-state index is 12.7. The normalized spacial score (nSPS) is 12.0. The summed E-state index contributed by atoms with van der Waals surface area (Å²) in [7, 11) is -0.380. The lowest BCUT2D eigenvalue weighted by Crippen LogP contribution is -2.40. The van der Waals surface area contributed by atoms with Crippen molar-refractivity contribution in [2.75, 3.05) is 14.2 Å². The highest BCUT2D eigenvalue weighted by molar-refractivity contribution is 7.89. The summed E-state index contributed by atoms with van der Waals surface area (Å²) in [5.41, 5.74) is 1.13. The summed E-state index contributed by atoms with van der Waals surface area (Å²) in [6, 6.07) is 12.6. The van der Waals surface area contributed by atoms with Gasteiger partial charge in [0.1, 0.15) is 11.5 Å². The van der Waals surface area contributed by atoms with Gasteiger partial charge in [-0.1, -0.05) is 24.3 Å². The van der Waals surface area contributed by atoms with Crippen LogP contribution in [0.5, 0.6) is 11.5 Å². The van der Waals surface area contributed by atoms with E-state index in [0.717, 1.165) is 17.1 Å². The van der Waals surface area contributed by atoms with Gasteiger partial charge < -0.3 is 14.8 Å². The van der Waals surface area contributed by atoms with Gasteiger partial charge in [0.15, 0.2) is 0 Å². The molecule has 2 N–H and O–H groups in total. The van der Waals surface area contributed by atoms with E-state index in [0.29, 0.717) is 18.7 Å². The van der Waals surface area contributed by atoms with Gasteiger partial charge in [-0.05, 0) is 38.5 Å². The Balaban J connectivity index is 2.14. The van der Waals surface area contributed by atoms with Crippen LogP contribution >= 0.6 is 0 Å². The molecule has 2 aromatic rings. The van der Waals surface area contributed by atoms with E-state index >= 15 is 0 Å². The van der Waals surface area contributed by atoms with Crippen LogP contribution in [0.4, 0.5) is 0 Å². The summed E-state index contributed by atoms with van der Waals surface area (Å²) in [6.07, 6.45) is 0. The van der Waals surface area contributed by atoms with Crippen LogP contribution in [0.2, 0.25) is 0 Å². The summed E-state index contributed by atoms with van der Waals surface area (Å²) < 4.78 is 38.7. The first-order valence-electron chi connectivity index (χ1n) is 8.70. The van der Waals surface area contributed by atoms with Crippen molar-refractivity contribution < 1.29 is 17.9 Å². The number of hydrogen-bond donors (Lipinski definition) is 2. The third-order valence-electron chi connectivity index (χ3n) is 3.83. The summed E-state index contributed by atoms with van der Waals surface area (Å²) in [5, 5.41) is 3.29. The van der Waals surface area contributed by atoms with Crippen LogP contribution in [-0.2, 0) is 23.1 Å². The molecule has 0 atom stereocenters. The molecule has 0 radical (unpaired) electrons. The molecular formula is C20H28N2O4S. The van der Waals surface area contributed by atoms with E-state index < -0.39 is 15.6 Å². The Labute approximate surface area is 161 Å². The molecule has 27 heavy (non-hydrogen) atoms. The van der Waals surface area contributed by atoms with E-state index in [-0.39, 0.29) is 4.90 Å². The standard InChI is InChI=1S/C20H28N2O4S/c1-20(2,3)22-27(23,24)19-9-7-6-8-16(19)14-21-13-15-10-11-17(25-4)12-18(15)26-5/h6-12,21-22H,13-14H2,1-5H3. The van der Waals surface area contributed by atoms with Crippen LogP contribution in [-0.4, -0.2) is 28.2 Å². The smallest absolute Gasteiger partial charge is 0.241 e. The SMILES string of the molecule is COc1ccc(CNCc2ccccc2S(=O)(=O)NC(C)(C)C)c(OC)c1. The van der Waals surface area contributed by atoms with Crippen LogP contribution < -0.4 is 19.5 Å². The van der Waals surface area contributed by atoms with Gasteiger partial charge in [0.25, 0.3) is 0 Å². The van der Waals surface area contributed by atoms with E-state index in [2.05, 4.69) is 10.0 Å². The van der Waals surface area contributed by atoms with Crippen molar-refractivity contribution in [3.63, 3.8) is 0 Å². The minimum absolute atomic E-state index is 0.286. The molecule has 0 fully saturated rings. The zero-order valence-corrected chi connectivity index (χ0v) is 17.3. The number of rotatable bonds is 8. The number of sulfonamides is 1. The van der Waals surface area contributed by atoms with Crippen molar-refractivity contribution in [3.8, 4) is 11.5 Å². The Morgan fingerprint density at radius 2 is 1.59 bits per heavy atom. The maximum absolute atomic E-state index is 12.7. The summed E-state index contributed by atoms with van der Waals surface area (Å²) in [6.45, 7) is 6.41. The molecule has 6 nitrogen and oxygen atoms in total. The van der Waals surface area contributed by atoms with Crippen molar-refractivity contribution >= 4 is 10.0 Å². The molecule has 0 saturated carbocycles. The second kappa shape index (κ2) is 8.73. The maximum Gasteiger partial charge on any atom is 0.241 e. The van der Waals surface area contributed by atoms with E-state index in [1.54, 1.807) is 26.4 Å². The summed E-state index contributed by atoms with van der Waals surface area (Å²) >= 11 is 0. The third-order valence-corrected chi connectivity index (χ3v) is 5.69. The van der Waals surface area contributed by atoms with Gasteiger partial charge in [0.2, 0.25) is 10.0 Å². The van der Waals surface area contributed by atoms with Gasteiger partial charge in [-0.15, -0.1) is 0 Å². The zero-order chi connectivity index (χ0) is 20.1. The molecule has 0 aromatic heterocycles. The van der Waals surface area contributed by atoms with E-state index in [1.165, 1.54) is 0 Å². The Hall–Kier alpha value is -2.09. The highest BCUT2D eigenvalue weighted by Gasteiger charge is 2.24. The number of hydrogen-bond acceptors (Lipinski definition) is 5. The molecule has 0 aliphatic rings.